The van der Waals surface area contributed by atoms with Gasteiger partial charge in [-0.25, -0.2) is 0 Å². The Hall–Kier alpha value is -0.790. The average molecular weight is 126 g/mol. The van der Waals surface area contributed by atoms with Crippen LogP contribution >= 0.6 is 0 Å². The quantitative estimate of drug-likeness (QED) is 0.581. The fraction of sp³-hybridized carbons (Fsp3) is 0.571. The van der Waals surface area contributed by atoms with Gasteiger partial charge in [-0.2, -0.15) is 0 Å². The van der Waals surface area contributed by atoms with E-state index in [1.165, 1.54) is 0 Å². The van der Waals surface area contributed by atoms with Crippen molar-refractivity contribution in [2.24, 2.45) is 5.92 Å². The Morgan fingerprint density at radius 1 is 1.78 bits per heavy atom. The largest absolute Gasteiger partial charge is 0.481 e. The third-order valence-corrected chi connectivity index (χ3v) is 1.58. The van der Waals surface area contributed by atoms with Gasteiger partial charge in [-0.05, 0) is 18.8 Å². The van der Waals surface area contributed by atoms with Gasteiger partial charge in [-0.3, -0.25) is 4.79 Å². The first-order valence-corrected chi connectivity index (χ1v) is 3.17. The summed E-state index contributed by atoms with van der Waals surface area (Å²) in [6, 6.07) is 0. The Kier molecular flexibility index (Phi) is 1.88. The van der Waals surface area contributed by atoms with Gasteiger partial charge in [-0.15, -0.1) is 0 Å². The molecule has 2 heteroatoms. The number of rotatable bonds is 3. The van der Waals surface area contributed by atoms with E-state index in [1.54, 1.807) is 0 Å². The number of carboxylic acids is 1. The molecule has 0 bridgehead atoms. The minimum absolute atomic E-state index is 0.314. The molecule has 0 aromatic carbocycles. The number of hydrogen-bond acceptors (Lipinski definition) is 1. The molecule has 1 unspecified atom stereocenters. The normalized spacial score (nSPS) is 23.3. The monoisotopic (exact) mass is 126 g/mol. The Morgan fingerprint density at radius 2 is 2.44 bits per heavy atom. The second-order valence-corrected chi connectivity index (χ2v) is 2.36. The molecule has 0 saturated heterocycles. The lowest BCUT2D eigenvalue weighted by Gasteiger charge is -2.15. The van der Waals surface area contributed by atoms with Crippen LogP contribution in [-0.2, 0) is 4.79 Å². The van der Waals surface area contributed by atoms with E-state index in [9.17, 15) is 4.79 Å². The van der Waals surface area contributed by atoms with E-state index in [0.29, 0.717) is 12.3 Å². The van der Waals surface area contributed by atoms with E-state index < -0.39 is 5.97 Å². The third kappa shape index (κ3) is 1.88. The van der Waals surface area contributed by atoms with Crippen LogP contribution in [0.4, 0.5) is 0 Å². The van der Waals surface area contributed by atoms with Crippen LogP contribution in [0, 0.1) is 5.92 Å². The number of aliphatic carboxylic acids is 1. The molecule has 0 aromatic rings. The summed E-state index contributed by atoms with van der Waals surface area (Å²) in [5.74, 6) is -0.128. The summed E-state index contributed by atoms with van der Waals surface area (Å²) in [4.78, 5) is 10.0. The van der Waals surface area contributed by atoms with E-state index in [-0.39, 0.29) is 0 Å². The summed E-state index contributed by atoms with van der Waals surface area (Å²) in [6.07, 6.45) is 6.35. The maximum absolute atomic E-state index is 10.0. The van der Waals surface area contributed by atoms with E-state index in [2.05, 4.69) is 12.2 Å². The topological polar surface area (TPSA) is 37.3 Å². The smallest absolute Gasteiger partial charge is 0.303 e. The molecular weight excluding hydrogens is 116 g/mol. The maximum Gasteiger partial charge on any atom is 0.303 e. The first kappa shape index (κ1) is 6.33. The molecule has 1 atom stereocenters. The van der Waals surface area contributed by atoms with Crippen molar-refractivity contribution in [1.82, 2.24) is 0 Å². The van der Waals surface area contributed by atoms with Gasteiger partial charge in [0.05, 0.1) is 0 Å². The van der Waals surface area contributed by atoms with Crippen molar-refractivity contribution in [1.29, 1.82) is 0 Å². The lowest BCUT2D eigenvalue weighted by Crippen LogP contribution is -2.05. The van der Waals surface area contributed by atoms with Crippen LogP contribution in [0.2, 0.25) is 0 Å². The first-order valence-electron chi connectivity index (χ1n) is 3.17. The van der Waals surface area contributed by atoms with E-state index in [0.717, 1.165) is 12.8 Å². The molecule has 0 amide bonds. The van der Waals surface area contributed by atoms with Crippen LogP contribution in [0.15, 0.2) is 12.2 Å². The second-order valence-electron chi connectivity index (χ2n) is 2.36. The van der Waals surface area contributed by atoms with Crippen LogP contribution in [0.5, 0.6) is 0 Å². The molecule has 1 rings (SSSR count). The van der Waals surface area contributed by atoms with Gasteiger partial charge in [0.25, 0.3) is 0 Å². The Bertz CT molecular complexity index is 138. The lowest BCUT2D eigenvalue weighted by molar-refractivity contribution is -0.137. The predicted octanol–water partition coefficient (Wildman–Crippen LogP) is 1.43. The first-order chi connectivity index (χ1) is 4.29. The van der Waals surface area contributed by atoms with Gasteiger partial charge in [0.15, 0.2) is 0 Å². The molecule has 9 heavy (non-hydrogen) atoms. The molecule has 1 aliphatic carbocycles. The van der Waals surface area contributed by atoms with Crippen molar-refractivity contribution < 1.29 is 9.90 Å². The molecule has 0 fully saturated rings. The zero-order valence-electron chi connectivity index (χ0n) is 5.21. The van der Waals surface area contributed by atoms with Gasteiger partial charge in [0.2, 0.25) is 0 Å². The second kappa shape index (κ2) is 2.67. The van der Waals surface area contributed by atoms with Crippen molar-refractivity contribution in [2.75, 3.05) is 0 Å². The summed E-state index contributed by atoms with van der Waals surface area (Å²) in [5, 5.41) is 8.26. The van der Waals surface area contributed by atoms with Gasteiger partial charge in [0.1, 0.15) is 0 Å². The summed E-state index contributed by atoms with van der Waals surface area (Å²) < 4.78 is 0. The van der Waals surface area contributed by atoms with Crippen LogP contribution in [0.25, 0.3) is 0 Å². The number of allylic oxidation sites excluding steroid dienone is 2. The molecule has 50 valence electrons. The molecular formula is C7H10O2. The Labute approximate surface area is 54.2 Å². The third-order valence-electron chi connectivity index (χ3n) is 1.58. The summed E-state index contributed by atoms with van der Waals surface area (Å²) in [6.45, 7) is 0. The molecule has 0 heterocycles. The SMILES string of the molecule is O=C(O)CCC1C=CC1. The van der Waals surface area contributed by atoms with Crippen LogP contribution in [0.3, 0.4) is 0 Å². The lowest BCUT2D eigenvalue weighted by atomic mass is 9.91. The highest BCUT2D eigenvalue weighted by molar-refractivity contribution is 5.66. The number of carbonyl (C=O) groups is 1. The van der Waals surface area contributed by atoms with Crippen molar-refractivity contribution in [3.8, 4) is 0 Å². The molecule has 0 spiro atoms. The van der Waals surface area contributed by atoms with Crippen molar-refractivity contribution >= 4 is 5.97 Å². The fourth-order valence-corrected chi connectivity index (χ4v) is 0.851. The molecule has 1 aliphatic rings. The summed E-state index contributed by atoms with van der Waals surface area (Å²) in [7, 11) is 0. The summed E-state index contributed by atoms with van der Waals surface area (Å²) >= 11 is 0. The minimum atomic E-state index is -0.685. The van der Waals surface area contributed by atoms with E-state index in [4.69, 9.17) is 5.11 Å². The minimum Gasteiger partial charge on any atom is -0.481 e. The number of carboxylic acid groups (broad SMARTS) is 1. The molecule has 0 saturated carbocycles. The van der Waals surface area contributed by atoms with Crippen LogP contribution < -0.4 is 0 Å². The van der Waals surface area contributed by atoms with Crippen molar-refractivity contribution in [2.45, 2.75) is 19.3 Å². The molecule has 0 aromatic heterocycles. The maximum atomic E-state index is 10.0. The Morgan fingerprint density at radius 3 is 2.78 bits per heavy atom. The average Bonchev–Trinajstić information content (AvgIpc) is 1.60. The van der Waals surface area contributed by atoms with Gasteiger partial charge < -0.3 is 5.11 Å². The highest BCUT2D eigenvalue weighted by Crippen LogP contribution is 2.21. The zero-order chi connectivity index (χ0) is 6.69. The fourth-order valence-electron chi connectivity index (χ4n) is 0.851. The van der Waals surface area contributed by atoms with Gasteiger partial charge in [0, 0.05) is 6.42 Å². The molecule has 0 aliphatic heterocycles. The van der Waals surface area contributed by atoms with Crippen molar-refractivity contribution in [3.63, 3.8) is 0 Å². The predicted molar refractivity (Wildman–Crippen MR) is 34.1 cm³/mol. The van der Waals surface area contributed by atoms with Crippen molar-refractivity contribution in [3.05, 3.63) is 12.2 Å². The van der Waals surface area contributed by atoms with Crippen LogP contribution in [0.1, 0.15) is 19.3 Å². The van der Waals surface area contributed by atoms with E-state index in [1.807, 2.05) is 0 Å². The number of hydrogen-bond donors (Lipinski definition) is 1. The van der Waals surface area contributed by atoms with Crippen LogP contribution in [-0.4, -0.2) is 11.1 Å². The zero-order valence-corrected chi connectivity index (χ0v) is 5.21. The van der Waals surface area contributed by atoms with Gasteiger partial charge >= 0.3 is 5.97 Å². The molecule has 0 radical (unpaired) electrons. The Balaban J connectivity index is 2.05. The van der Waals surface area contributed by atoms with E-state index >= 15 is 0 Å². The standard InChI is InChI=1S/C7H10O2/c8-7(9)5-4-6-2-1-3-6/h1-2,6H,3-5H2,(H,8,9). The highest BCUT2D eigenvalue weighted by atomic mass is 16.4. The van der Waals surface area contributed by atoms with Gasteiger partial charge in [-0.1, -0.05) is 12.2 Å². The highest BCUT2D eigenvalue weighted by Gasteiger charge is 2.10. The molecule has 2 nitrogen and oxygen atoms in total. The molecule has 1 N–H and O–H groups in total. The summed E-state index contributed by atoms with van der Waals surface area (Å²) in [5.41, 5.74) is 0.